The molecule has 9 nitrogen and oxygen atoms in total. The molecule has 3 N–H and O–H groups in total. The van der Waals surface area contributed by atoms with Crippen LogP contribution in [0.1, 0.15) is 44.2 Å². The van der Waals surface area contributed by atoms with E-state index in [4.69, 9.17) is 4.74 Å². The van der Waals surface area contributed by atoms with Gasteiger partial charge in [-0.3, -0.25) is 14.4 Å². The van der Waals surface area contributed by atoms with Crippen LogP contribution in [0.25, 0.3) is 0 Å². The smallest absolute Gasteiger partial charge is 0.317 e. The summed E-state index contributed by atoms with van der Waals surface area (Å²) in [5, 5.41) is 13.4. The predicted molar refractivity (Wildman–Crippen MR) is 106 cm³/mol. The Hall–Kier alpha value is -2.13. The number of hydrogen-bond acceptors (Lipinski definition) is 5. The Balaban J connectivity index is 1.29. The zero-order valence-electron chi connectivity index (χ0n) is 17.1. The van der Waals surface area contributed by atoms with Gasteiger partial charge in [0.05, 0.1) is 29.7 Å². The van der Waals surface area contributed by atoms with Crippen LogP contribution in [0.3, 0.4) is 0 Å². The van der Waals surface area contributed by atoms with E-state index >= 15 is 0 Å². The molecule has 0 aromatic carbocycles. The van der Waals surface area contributed by atoms with Gasteiger partial charge in [-0.2, -0.15) is 5.10 Å². The van der Waals surface area contributed by atoms with Gasteiger partial charge in [0.2, 0.25) is 5.91 Å². The molecule has 0 radical (unpaired) electrons. The molecule has 0 saturated carbocycles. The lowest BCUT2D eigenvalue weighted by Gasteiger charge is -2.55. The van der Waals surface area contributed by atoms with E-state index < -0.39 is 0 Å². The number of piperidine rings is 1. The monoisotopic (exact) mass is 402 g/mol. The van der Waals surface area contributed by atoms with E-state index in [0.29, 0.717) is 31.2 Å². The van der Waals surface area contributed by atoms with Crippen LogP contribution in [0.2, 0.25) is 0 Å². The lowest BCUT2D eigenvalue weighted by Crippen LogP contribution is -2.73. The van der Waals surface area contributed by atoms with Crippen LogP contribution in [0.5, 0.6) is 0 Å². The number of rotatable bonds is 3. The number of hydrogen-bond donors (Lipinski definition) is 3. The van der Waals surface area contributed by atoms with Crippen LogP contribution < -0.4 is 16.0 Å². The summed E-state index contributed by atoms with van der Waals surface area (Å²) in [5.74, 6) is 0.299. The van der Waals surface area contributed by atoms with Crippen molar-refractivity contribution in [1.29, 1.82) is 0 Å². The molecule has 158 valence electrons. The van der Waals surface area contributed by atoms with Gasteiger partial charge >= 0.3 is 6.03 Å². The molecule has 1 spiro atoms. The van der Waals surface area contributed by atoms with E-state index in [0.717, 1.165) is 49.9 Å². The van der Waals surface area contributed by atoms with E-state index in [1.165, 1.54) is 0 Å². The average Bonchev–Trinajstić information content (AvgIpc) is 3.12. The maximum Gasteiger partial charge on any atom is 0.317 e. The van der Waals surface area contributed by atoms with Gasteiger partial charge in [-0.25, -0.2) is 4.79 Å². The molecular formula is C20H30N6O3. The van der Waals surface area contributed by atoms with Gasteiger partial charge in [-0.1, -0.05) is 0 Å². The molecule has 2 unspecified atom stereocenters. The lowest BCUT2D eigenvalue weighted by molar-refractivity contribution is -0.122. The van der Waals surface area contributed by atoms with Gasteiger partial charge in [0.25, 0.3) is 0 Å². The van der Waals surface area contributed by atoms with Crippen LogP contribution in [0, 0.1) is 12.8 Å². The summed E-state index contributed by atoms with van der Waals surface area (Å²) >= 11 is 0. The van der Waals surface area contributed by atoms with E-state index in [1.54, 1.807) is 10.9 Å². The molecule has 4 aliphatic rings. The highest BCUT2D eigenvalue weighted by molar-refractivity contribution is 5.92. The van der Waals surface area contributed by atoms with Crippen LogP contribution >= 0.6 is 0 Å². The minimum Gasteiger partial charge on any atom is -0.358 e. The molecule has 4 fully saturated rings. The number of nitrogens with one attached hydrogen (secondary N) is 3. The maximum absolute atomic E-state index is 12.7. The first-order chi connectivity index (χ1) is 13.9. The van der Waals surface area contributed by atoms with Gasteiger partial charge in [-0.05, 0) is 45.4 Å². The second kappa shape index (κ2) is 6.98. The maximum atomic E-state index is 12.7. The number of urea groups is 1. The van der Waals surface area contributed by atoms with E-state index in [-0.39, 0.29) is 23.7 Å². The fourth-order valence-electron chi connectivity index (χ4n) is 5.99. The molecule has 5 rings (SSSR count). The fourth-order valence-corrected chi connectivity index (χ4v) is 5.99. The molecule has 4 saturated heterocycles. The SMILES string of the molecule is Cc1c(NC(=O)CN2C3CCC2CC2(C3)NC(=O)N[C@H]3OCCC[C@H]32)cnn1C. The Kier molecular flexibility index (Phi) is 4.54. The van der Waals surface area contributed by atoms with Crippen molar-refractivity contribution in [3.8, 4) is 0 Å². The highest BCUT2D eigenvalue weighted by Gasteiger charge is 2.57. The first-order valence-electron chi connectivity index (χ1n) is 10.7. The summed E-state index contributed by atoms with van der Waals surface area (Å²) in [6, 6.07) is 0.511. The van der Waals surface area contributed by atoms with Crippen molar-refractivity contribution in [2.75, 3.05) is 18.5 Å². The predicted octanol–water partition coefficient (Wildman–Crippen LogP) is 1.10. The molecular weight excluding hydrogens is 372 g/mol. The summed E-state index contributed by atoms with van der Waals surface area (Å²) < 4.78 is 7.64. The van der Waals surface area contributed by atoms with Gasteiger partial charge in [0.15, 0.2) is 0 Å². The highest BCUT2D eigenvalue weighted by Crippen LogP contribution is 2.47. The van der Waals surface area contributed by atoms with Crippen molar-refractivity contribution < 1.29 is 14.3 Å². The Morgan fingerprint density at radius 2 is 2.10 bits per heavy atom. The third-order valence-electron chi connectivity index (χ3n) is 7.47. The second-order valence-corrected chi connectivity index (χ2v) is 9.08. The molecule has 5 heterocycles. The summed E-state index contributed by atoms with van der Waals surface area (Å²) in [7, 11) is 1.87. The summed E-state index contributed by atoms with van der Waals surface area (Å²) in [4.78, 5) is 27.4. The second-order valence-electron chi connectivity index (χ2n) is 9.08. The van der Waals surface area contributed by atoms with Gasteiger partial charge in [0.1, 0.15) is 6.23 Å². The van der Waals surface area contributed by atoms with E-state index in [2.05, 4.69) is 25.9 Å². The summed E-state index contributed by atoms with van der Waals surface area (Å²) in [5.41, 5.74) is 1.50. The first-order valence-corrected chi connectivity index (χ1v) is 10.7. The number of aromatic nitrogens is 2. The standard InChI is InChI=1S/C20H30N6O3/c1-12-16(10-21-25(12)2)22-17(27)11-26-13-5-6-14(26)9-20(8-13)15-4-3-7-29-18(15)23-19(28)24-20/h10,13-15,18H,3-9,11H2,1-2H3,(H,22,27)(H2,23,24,28)/t13?,14?,15-,18+,20?/m1/s1. The quantitative estimate of drug-likeness (QED) is 0.703. The molecule has 1 aromatic rings. The Morgan fingerprint density at radius 1 is 1.34 bits per heavy atom. The zero-order chi connectivity index (χ0) is 20.2. The minimum absolute atomic E-state index is 0.00201. The number of carbonyl (C=O) groups is 2. The minimum atomic E-state index is -0.216. The number of amides is 3. The van der Waals surface area contributed by atoms with Crippen LogP contribution in [0.4, 0.5) is 10.5 Å². The molecule has 0 aliphatic carbocycles. The number of fused-ring (bicyclic) bond motifs is 4. The van der Waals surface area contributed by atoms with Crippen LogP contribution in [-0.4, -0.2) is 63.6 Å². The van der Waals surface area contributed by atoms with Crippen molar-refractivity contribution in [2.45, 2.75) is 69.3 Å². The number of anilines is 1. The van der Waals surface area contributed by atoms with Gasteiger partial charge in [-0.15, -0.1) is 0 Å². The fraction of sp³-hybridized carbons (Fsp3) is 0.750. The van der Waals surface area contributed by atoms with Crippen molar-refractivity contribution in [3.05, 3.63) is 11.9 Å². The number of ether oxygens (including phenoxy) is 1. The molecule has 4 atom stereocenters. The molecule has 1 aromatic heterocycles. The Bertz CT molecular complexity index is 809. The third-order valence-corrected chi connectivity index (χ3v) is 7.47. The normalized spacial score (nSPS) is 36.4. The Morgan fingerprint density at radius 3 is 2.79 bits per heavy atom. The Labute approximate surface area is 170 Å². The van der Waals surface area contributed by atoms with Crippen molar-refractivity contribution >= 4 is 17.6 Å². The molecule has 3 amide bonds. The van der Waals surface area contributed by atoms with Gasteiger partial charge < -0.3 is 20.7 Å². The molecule has 29 heavy (non-hydrogen) atoms. The number of aryl methyl sites for hydroxylation is 1. The van der Waals surface area contributed by atoms with Crippen LogP contribution in [-0.2, 0) is 16.6 Å². The topological polar surface area (TPSA) is 101 Å². The van der Waals surface area contributed by atoms with Crippen molar-refractivity contribution in [3.63, 3.8) is 0 Å². The molecule has 2 bridgehead atoms. The van der Waals surface area contributed by atoms with Crippen LogP contribution in [0.15, 0.2) is 6.20 Å². The number of carbonyl (C=O) groups excluding carboxylic acids is 2. The number of nitrogens with zero attached hydrogens (tertiary/aromatic N) is 3. The van der Waals surface area contributed by atoms with Gasteiger partial charge in [0, 0.05) is 31.7 Å². The molecule has 4 aliphatic heterocycles. The lowest BCUT2D eigenvalue weighted by atomic mass is 9.69. The summed E-state index contributed by atoms with van der Waals surface area (Å²) in [6.45, 7) is 3.04. The largest absolute Gasteiger partial charge is 0.358 e. The summed E-state index contributed by atoms with van der Waals surface area (Å²) in [6.07, 6.45) is 7.55. The van der Waals surface area contributed by atoms with Crippen molar-refractivity contribution in [1.82, 2.24) is 25.3 Å². The van der Waals surface area contributed by atoms with Crippen molar-refractivity contribution in [2.24, 2.45) is 13.0 Å². The van der Waals surface area contributed by atoms with E-state index in [1.807, 2.05) is 14.0 Å². The average molecular weight is 402 g/mol. The highest BCUT2D eigenvalue weighted by atomic mass is 16.5. The third kappa shape index (κ3) is 3.20. The van der Waals surface area contributed by atoms with E-state index in [9.17, 15) is 9.59 Å². The zero-order valence-corrected chi connectivity index (χ0v) is 17.1. The first kappa shape index (κ1) is 18.9. The molecule has 9 heteroatoms.